The zero-order valence-corrected chi connectivity index (χ0v) is 11.4. The fourth-order valence-electron chi connectivity index (χ4n) is 1.92. The van der Waals surface area contributed by atoms with E-state index in [9.17, 15) is 19.3 Å². The highest BCUT2D eigenvalue weighted by atomic mass is 19.1. The van der Waals surface area contributed by atoms with Crippen molar-refractivity contribution >= 4 is 17.3 Å². The van der Waals surface area contributed by atoms with Gasteiger partial charge in [-0.15, -0.1) is 0 Å². The second-order valence-corrected chi connectivity index (χ2v) is 4.49. The van der Waals surface area contributed by atoms with Crippen molar-refractivity contribution < 1.29 is 23.6 Å². The van der Waals surface area contributed by atoms with E-state index in [1.54, 1.807) is 6.92 Å². The van der Waals surface area contributed by atoms with E-state index in [-0.39, 0.29) is 24.0 Å². The summed E-state index contributed by atoms with van der Waals surface area (Å²) in [6.07, 6.45) is 0.778. The van der Waals surface area contributed by atoms with Gasteiger partial charge in [0.25, 0.3) is 0 Å². The van der Waals surface area contributed by atoms with E-state index in [4.69, 9.17) is 9.47 Å². The Bertz CT molecular complexity index is 560. The average Bonchev–Trinajstić information content (AvgIpc) is 2.36. The Kier molecular flexibility index (Phi) is 4.69. The third-order valence-corrected chi connectivity index (χ3v) is 3.07. The number of hydrogen-bond donors (Lipinski definition) is 1. The molecule has 7 nitrogen and oxygen atoms in total. The van der Waals surface area contributed by atoms with Crippen molar-refractivity contribution in [3.05, 3.63) is 33.6 Å². The van der Waals surface area contributed by atoms with Gasteiger partial charge in [0.15, 0.2) is 0 Å². The highest BCUT2D eigenvalue weighted by Crippen LogP contribution is 2.30. The Morgan fingerprint density at radius 3 is 2.86 bits per heavy atom. The SMILES string of the molecule is CCOC(=O)c1cc(F)c([N+](=O)[O-])c(NC[C@@H]2CCO2)c1. The van der Waals surface area contributed by atoms with Gasteiger partial charge in [-0.1, -0.05) is 0 Å². The number of nitro benzene ring substituents is 1. The quantitative estimate of drug-likeness (QED) is 0.491. The molecule has 0 spiro atoms. The highest BCUT2D eigenvalue weighted by molar-refractivity contribution is 5.91. The first-order valence-corrected chi connectivity index (χ1v) is 6.53. The summed E-state index contributed by atoms with van der Waals surface area (Å²) >= 11 is 0. The van der Waals surface area contributed by atoms with Gasteiger partial charge in [0.2, 0.25) is 5.82 Å². The van der Waals surface area contributed by atoms with Gasteiger partial charge in [0, 0.05) is 13.2 Å². The number of ether oxygens (including phenoxy) is 2. The van der Waals surface area contributed by atoms with Crippen molar-refractivity contribution in [1.82, 2.24) is 0 Å². The molecule has 0 radical (unpaired) electrons. The Balaban J connectivity index is 2.27. The average molecular weight is 298 g/mol. The van der Waals surface area contributed by atoms with Crippen LogP contribution < -0.4 is 5.32 Å². The molecule has 0 amide bonds. The lowest BCUT2D eigenvalue weighted by Crippen LogP contribution is -2.33. The predicted octanol–water partition coefficient (Wildman–Crippen LogP) is 2.11. The number of benzene rings is 1. The van der Waals surface area contributed by atoms with E-state index in [2.05, 4.69) is 5.32 Å². The maximum atomic E-state index is 13.9. The zero-order valence-electron chi connectivity index (χ0n) is 11.4. The van der Waals surface area contributed by atoms with Crippen molar-refractivity contribution in [2.45, 2.75) is 19.4 Å². The molecule has 2 rings (SSSR count). The number of hydrogen-bond acceptors (Lipinski definition) is 6. The van der Waals surface area contributed by atoms with E-state index >= 15 is 0 Å². The van der Waals surface area contributed by atoms with E-state index in [1.807, 2.05) is 0 Å². The Morgan fingerprint density at radius 1 is 1.62 bits per heavy atom. The molecule has 1 aromatic carbocycles. The number of carbonyl (C=O) groups excluding carboxylic acids is 1. The van der Waals surface area contributed by atoms with E-state index in [0.29, 0.717) is 13.2 Å². The van der Waals surface area contributed by atoms with Crippen LogP contribution in [0, 0.1) is 15.9 Å². The molecule has 21 heavy (non-hydrogen) atoms. The summed E-state index contributed by atoms with van der Waals surface area (Å²) in [7, 11) is 0. The molecule has 8 heteroatoms. The van der Waals surface area contributed by atoms with Crippen molar-refractivity contribution in [2.24, 2.45) is 0 Å². The number of esters is 1. The molecule has 0 aromatic heterocycles. The summed E-state index contributed by atoms with van der Waals surface area (Å²) in [5, 5.41) is 13.7. The lowest BCUT2D eigenvalue weighted by molar-refractivity contribution is -0.386. The van der Waals surface area contributed by atoms with Gasteiger partial charge in [-0.3, -0.25) is 10.1 Å². The van der Waals surface area contributed by atoms with Gasteiger partial charge in [-0.25, -0.2) is 4.79 Å². The highest BCUT2D eigenvalue weighted by Gasteiger charge is 2.25. The van der Waals surface area contributed by atoms with Crippen molar-refractivity contribution in [3.8, 4) is 0 Å². The summed E-state index contributed by atoms with van der Waals surface area (Å²) in [4.78, 5) is 21.8. The molecule has 1 fully saturated rings. The minimum absolute atomic E-state index is 0.0566. The second kappa shape index (κ2) is 6.49. The Morgan fingerprint density at radius 2 is 2.33 bits per heavy atom. The lowest BCUT2D eigenvalue weighted by atomic mass is 10.1. The maximum absolute atomic E-state index is 13.9. The molecule has 1 N–H and O–H groups in total. The monoisotopic (exact) mass is 298 g/mol. The Labute approximate surface area is 120 Å². The maximum Gasteiger partial charge on any atom is 0.338 e. The molecular weight excluding hydrogens is 283 g/mol. The summed E-state index contributed by atoms with van der Waals surface area (Å²) < 4.78 is 23.8. The Hall–Kier alpha value is -2.22. The molecule has 1 heterocycles. The number of rotatable bonds is 6. The largest absolute Gasteiger partial charge is 0.462 e. The minimum Gasteiger partial charge on any atom is -0.462 e. The third-order valence-electron chi connectivity index (χ3n) is 3.07. The lowest BCUT2D eigenvalue weighted by Gasteiger charge is -2.26. The summed E-state index contributed by atoms with van der Waals surface area (Å²) in [6, 6.07) is 2.03. The zero-order chi connectivity index (χ0) is 15.4. The van der Waals surface area contributed by atoms with Crippen LogP contribution >= 0.6 is 0 Å². The summed E-state index contributed by atoms with van der Waals surface area (Å²) in [6.45, 7) is 2.71. The van der Waals surface area contributed by atoms with Crippen LogP contribution in [0.5, 0.6) is 0 Å². The van der Waals surface area contributed by atoms with Crippen LogP contribution in [-0.2, 0) is 9.47 Å². The van der Waals surface area contributed by atoms with Gasteiger partial charge in [0.05, 0.1) is 23.2 Å². The molecule has 1 saturated heterocycles. The number of anilines is 1. The van der Waals surface area contributed by atoms with Gasteiger partial charge in [-0.05, 0) is 25.5 Å². The molecule has 1 aliphatic heterocycles. The molecule has 0 saturated carbocycles. The molecule has 1 atom stereocenters. The fourth-order valence-corrected chi connectivity index (χ4v) is 1.92. The van der Waals surface area contributed by atoms with Crippen LogP contribution in [0.15, 0.2) is 12.1 Å². The number of nitrogens with zero attached hydrogens (tertiary/aromatic N) is 1. The second-order valence-electron chi connectivity index (χ2n) is 4.49. The van der Waals surface area contributed by atoms with Gasteiger partial charge >= 0.3 is 11.7 Å². The number of nitro groups is 1. The van der Waals surface area contributed by atoms with Crippen LogP contribution in [0.4, 0.5) is 15.8 Å². The van der Waals surface area contributed by atoms with E-state index < -0.39 is 22.4 Å². The van der Waals surface area contributed by atoms with Crippen molar-refractivity contribution in [2.75, 3.05) is 25.1 Å². The molecular formula is C13H15FN2O5. The van der Waals surface area contributed by atoms with E-state index in [1.165, 1.54) is 6.07 Å². The molecule has 1 aliphatic rings. The fraction of sp³-hybridized carbons (Fsp3) is 0.462. The summed E-state index contributed by atoms with van der Waals surface area (Å²) in [5.74, 6) is -1.81. The van der Waals surface area contributed by atoms with Crippen molar-refractivity contribution in [1.29, 1.82) is 0 Å². The van der Waals surface area contributed by atoms with Crippen LogP contribution in [-0.4, -0.2) is 36.8 Å². The molecule has 0 aliphatic carbocycles. The summed E-state index contributed by atoms with van der Waals surface area (Å²) in [5.41, 5.74) is -0.821. The van der Waals surface area contributed by atoms with Crippen LogP contribution in [0.1, 0.15) is 23.7 Å². The smallest absolute Gasteiger partial charge is 0.338 e. The molecule has 0 bridgehead atoms. The molecule has 0 unspecified atom stereocenters. The first-order valence-electron chi connectivity index (χ1n) is 6.53. The third kappa shape index (κ3) is 3.46. The molecule has 114 valence electrons. The first kappa shape index (κ1) is 15.2. The number of nitrogens with one attached hydrogen (secondary N) is 1. The van der Waals surface area contributed by atoms with Crippen LogP contribution in [0.25, 0.3) is 0 Å². The standard InChI is InChI=1S/C13H15FN2O5/c1-2-20-13(17)8-5-10(14)12(16(18)19)11(6-8)15-7-9-3-4-21-9/h5-6,9,15H,2-4,7H2,1H3/t9-/m0/s1. The normalized spacial score (nSPS) is 17.0. The van der Waals surface area contributed by atoms with Crippen LogP contribution in [0.3, 0.4) is 0 Å². The van der Waals surface area contributed by atoms with Crippen molar-refractivity contribution in [3.63, 3.8) is 0 Å². The minimum atomic E-state index is -1.08. The topological polar surface area (TPSA) is 90.7 Å². The van der Waals surface area contributed by atoms with Gasteiger partial charge < -0.3 is 14.8 Å². The number of carbonyl (C=O) groups is 1. The molecule has 1 aromatic rings. The van der Waals surface area contributed by atoms with E-state index in [0.717, 1.165) is 12.5 Å². The van der Waals surface area contributed by atoms with Gasteiger partial charge in [-0.2, -0.15) is 4.39 Å². The first-order chi connectivity index (χ1) is 10.0. The van der Waals surface area contributed by atoms with Gasteiger partial charge in [0.1, 0.15) is 5.69 Å². The number of halogens is 1. The van der Waals surface area contributed by atoms with Crippen LogP contribution in [0.2, 0.25) is 0 Å². The predicted molar refractivity (Wildman–Crippen MR) is 71.9 cm³/mol.